The molecule has 7 nitrogen and oxygen atoms in total. The fourth-order valence-electron chi connectivity index (χ4n) is 2.27. The van der Waals surface area contributed by atoms with Crippen molar-refractivity contribution in [1.82, 2.24) is 0 Å². The van der Waals surface area contributed by atoms with Gasteiger partial charge in [0.05, 0.1) is 6.54 Å². The molecule has 0 atom stereocenters. The van der Waals surface area contributed by atoms with Crippen LogP contribution in [0.4, 0.5) is 22.7 Å². The molecule has 27 heavy (non-hydrogen) atoms. The zero-order valence-corrected chi connectivity index (χ0v) is 15.5. The van der Waals surface area contributed by atoms with Crippen LogP contribution < -0.4 is 21.3 Å². The first-order valence-electron chi connectivity index (χ1n) is 8.83. The summed E-state index contributed by atoms with van der Waals surface area (Å²) in [6, 6.07) is 14.1. The minimum atomic E-state index is -0.225. The van der Waals surface area contributed by atoms with Crippen LogP contribution in [0.15, 0.2) is 48.5 Å². The number of nitrogens with one attached hydrogen (secondary N) is 4. The lowest BCUT2D eigenvalue weighted by Gasteiger charge is -2.11. The minimum absolute atomic E-state index is 0.0662. The van der Waals surface area contributed by atoms with Gasteiger partial charge in [-0.05, 0) is 36.4 Å². The lowest BCUT2D eigenvalue weighted by atomic mass is 10.2. The quantitative estimate of drug-likeness (QED) is 0.573. The number of amides is 3. The summed E-state index contributed by atoms with van der Waals surface area (Å²) in [6.45, 7) is 3.62. The van der Waals surface area contributed by atoms with Crippen molar-refractivity contribution in [2.24, 2.45) is 0 Å². The Hall–Kier alpha value is -3.35. The Morgan fingerprint density at radius 2 is 1.07 bits per heavy atom. The molecular weight excluding hydrogens is 344 g/mol. The van der Waals surface area contributed by atoms with E-state index < -0.39 is 0 Å². The molecule has 0 saturated heterocycles. The van der Waals surface area contributed by atoms with Gasteiger partial charge in [-0.1, -0.05) is 26.0 Å². The predicted octanol–water partition coefficient (Wildman–Crippen LogP) is 3.43. The molecule has 0 bridgehead atoms. The third kappa shape index (κ3) is 6.81. The summed E-state index contributed by atoms with van der Waals surface area (Å²) < 4.78 is 0. The average molecular weight is 368 g/mol. The van der Waals surface area contributed by atoms with E-state index in [-0.39, 0.29) is 24.3 Å². The van der Waals surface area contributed by atoms with Crippen molar-refractivity contribution in [1.29, 1.82) is 0 Å². The van der Waals surface area contributed by atoms with Crippen molar-refractivity contribution in [3.63, 3.8) is 0 Å². The van der Waals surface area contributed by atoms with E-state index >= 15 is 0 Å². The first-order valence-corrected chi connectivity index (χ1v) is 8.83. The zero-order valence-electron chi connectivity index (χ0n) is 15.5. The van der Waals surface area contributed by atoms with Gasteiger partial charge in [-0.15, -0.1) is 0 Å². The van der Waals surface area contributed by atoms with Crippen molar-refractivity contribution in [2.45, 2.75) is 26.7 Å². The second-order valence-corrected chi connectivity index (χ2v) is 5.87. The van der Waals surface area contributed by atoms with Crippen LogP contribution in [0.2, 0.25) is 0 Å². The van der Waals surface area contributed by atoms with Gasteiger partial charge in [0.15, 0.2) is 0 Å². The second-order valence-electron chi connectivity index (χ2n) is 5.87. The normalized spacial score (nSPS) is 10.0. The number of benzene rings is 2. The summed E-state index contributed by atoms with van der Waals surface area (Å²) >= 11 is 0. The van der Waals surface area contributed by atoms with Crippen molar-refractivity contribution < 1.29 is 14.4 Å². The Bertz CT molecular complexity index is 820. The summed E-state index contributed by atoms with van der Waals surface area (Å²) in [5.41, 5.74) is 2.63. The third-order valence-corrected chi connectivity index (χ3v) is 3.67. The van der Waals surface area contributed by atoms with Crippen LogP contribution in [0.3, 0.4) is 0 Å². The highest BCUT2D eigenvalue weighted by atomic mass is 16.2. The molecule has 0 radical (unpaired) electrons. The van der Waals surface area contributed by atoms with Crippen LogP contribution in [0, 0.1) is 0 Å². The molecule has 3 amide bonds. The van der Waals surface area contributed by atoms with E-state index in [0.29, 0.717) is 29.9 Å². The van der Waals surface area contributed by atoms with Crippen LogP contribution in [0.25, 0.3) is 0 Å². The predicted molar refractivity (Wildman–Crippen MR) is 108 cm³/mol. The number of rotatable bonds is 8. The first kappa shape index (κ1) is 20.0. The largest absolute Gasteiger partial charge is 0.376 e. The molecule has 0 aliphatic heterocycles. The molecule has 0 spiro atoms. The lowest BCUT2D eigenvalue weighted by molar-refractivity contribution is -0.116. The maximum atomic E-state index is 12.2. The molecule has 0 aliphatic rings. The van der Waals surface area contributed by atoms with E-state index in [1.165, 1.54) is 0 Å². The molecule has 142 valence electrons. The topological polar surface area (TPSA) is 99.3 Å². The molecule has 4 N–H and O–H groups in total. The molecule has 2 aromatic rings. The molecule has 0 heterocycles. The summed E-state index contributed by atoms with van der Waals surface area (Å²) in [7, 11) is 0. The molecule has 2 rings (SSSR count). The smallest absolute Gasteiger partial charge is 0.243 e. The number of hydrogen-bond acceptors (Lipinski definition) is 4. The van der Waals surface area contributed by atoms with Gasteiger partial charge in [-0.2, -0.15) is 0 Å². The standard InChI is InChI=1S/C20H24N4O3/c1-3-18(25)22-15-8-5-7-14(11-15)21-13-20(27)24-17-10-6-9-16(12-17)23-19(26)4-2/h5-12,21H,3-4,13H2,1-2H3,(H,22,25)(H,23,26)(H,24,27). The summed E-state index contributed by atoms with van der Waals surface area (Å²) in [4.78, 5) is 35.1. The maximum Gasteiger partial charge on any atom is 0.243 e. The Morgan fingerprint density at radius 3 is 1.56 bits per heavy atom. The van der Waals surface area contributed by atoms with E-state index in [2.05, 4.69) is 21.3 Å². The van der Waals surface area contributed by atoms with Crippen LogP contribution in [0.5, 0.6) is 0 Å². The molecule has 0 fully saturated rings. The molecular formula is C20H24N4O3. The van der Waals surface area contributed by atoms with E-state index in [0.717, 1.165) is 5.69 Å². The Morgan fingerprint density at radius 1 is 0.667 bits per heavy atom. The zero-order chi connectivity index (χ0) is 19.6. The van der Waals surface area contributed by atoms with Crippen molar-refractivity contribution >= 4 is 40.5 Å². The molecule has 7 heteroatoms. The van der Waals surface area contributed by atoms with Crippen molar-refractivity contribution in [2.75, 3.05) is 27.8 Å². The molecule has 0 unspecified atom stereocenters. The summed E-state index contributed by atoms with van der Waals surface area (Å²) in [5, 5.41) is 11.3. The Labute approximate surface area is 158 Å². The number of carbonyl (C=O) groups is 3. The minimum Gasteiger partial charge on any atom is -0.376 e. The first-order chi connectivity index (χ1) is 13.0. The van der Waals surface area contributed by atoms with Gasteiger partial charge < -0.3 is 21.3 Å². The number of hydrogen-bond donors (Lipinski definition) is 4. The molecule has 2 aromatic carbocycles. The van der Waals surface area contributed by atoms with Gasteiger partial charge in [-0.3, -0.25) is 14.4 Å². The van der Waals surface area contributed by atoms with Crippen molar-refractivity contribution in [3.8, 4) is 0 Å². The highest BCUT2D eigenvalue weighted by Crippen LogP contribution is 2.17. The Balaban J connectivity index is 1.89. The van der Waals surface area contributed by atoms with Gasteiger partial charge >= 0.3 is 0 Å². The summed E-state index contributed by atoms with van der Waals surface area (Å²) in [6.07, 6.45) is 0.788. The maximum absolute atomic E-state index is 12.2. The SMILES string of the molecule is CCC(=O)Nc1cccc(NCC(=O)Nc2cccc(NC(=O)CC)c2)c1. The fraction of sp³-hybridized carbons (Fsp3) is 0.250. The second kappa shape index (κ2) is 9.96. The van der Waals surface area contributed by atoms with E-state index in [1.54, 1.807) is 56.3 Å². The van der Waals surface area contributed by atoms with Gasteiger partial charge in [0, 0.05) is 35.6 Å². The van der Waals surface area contributed by atoms with Crippen molar-refractivity contribution in [3.05, 3.63) is 48.5 Å². The third-order valence-electron chi connectivity index (χ3n) is 3.67. The Kier molecular flexibility index (Phi) is 7.37. The number of anilines is 4. The molecule has 0 aliphatic carbocycles. The lowest BCUT2D eigenvalue weighted by Crippen LogP contribution is -2.22. The van der Waals surface area contributed by atoms with E-state index in [4.69, 9.17) is 0 Å². The summed E-state index contributed by atoms with van der Waals surface area (Å²) in [5.74, 6) is -0.382. The van der Waals surface area contributed by atoms with Gasteiger partial charge in [-0.25, -0.2) is 0 Å². The van der Waals surface area contributed by atoms with Crippen LogP contribution in [-0.2, 0) is 14.4 Å². The monoisotopic (exact) mass is 368 g/mol. The van der Waals surface area contributed by atoms with E-state index in [1.807, 2.05) is 6.07 Å². The van der Waals surface area contributed by atoms with Gasteiger partial charge in [0.2, 0.25) is 17.7 Å². The highest BCUT2D eigenvalue weighted by molar-refractivity contribution is 5.96. The highest BCUT2D eigenvalue weighted by Gasteiger charge is 2.05. The van der Waals surface area contributed by atoms with Gasteiger partial charge in [0.25, 0.3) is 0 Å². The van der Waals surface area contributed by atoms with Crippen LogP contribution >= 0.6 is 0 Å². The fourth-order valence-corrected chi connectivity index (χ4v) is 2.27. The molecule has 0 aromatic heterocycles. The van der Waals surface area contributed by atoms with E-state index in [9.17, 15) is 14.4 Å². The van der Waals surface area contributed by atoms with Gasteiger partial charge in [0.1, 0.15) is 0 Å². The number of carbonyl (C=O) groups excluding carboxylic acids is 3. The average Bonchev–Trinajstić information content (AvgIpc) is 2.66. The van der Waals surface area contributed by atoms with Crippen LogP contribution in [0.1, 0.15) is 26.7 Å². The van der Waals surface area contributed by atoms with Crippen LogP contribution in [-0.4, -0.2) is 24.3 Å². The molecule has 0 saturated carbocycles.